The van der Waals surface area contributed by atoms with Crippen LogP contribution in [0.1, 0.15) is 5.56 Å². The summed E-state index contributed by atoms with van der Waals surface area (Å²) >= 11 is 5.62. The van der Waals surface area contributed by atoms with E-state index in [1.807, 2.05) is 0 Å². The lowest BCUT2D eigenvalue weighted by atomic mass is 10.2. The van der Waals surface area contributed by atoms with Crippen molar-refractivity contribution in [1.29, 1.82) is 0 Å². The summed E-state index contributed by atoms with van der Waals surface area (Å²) in [5.74, 6) is -1.84. The summed E-state index contributed by atoms with van der Waals surface area (Å²) in [6.45, 7) is 0. The molecular formula is C13H11ClF3NO4. The van der Waals surface area contributed by atoms with Crippen LogP contribution in [0.25, 0.3) is 0 Å². The van der Waals surface area contributed by atoms with Gasteiger partial charge in [0, 0.05) is 10.7 Å². The van der Waals surface area contributed by atoms with E-state index < -0.39 is 29.4 Å². The van der Waals surface area contributed by atoms with Crippen LogP contribution in [0.2, 0.25) is 5.02 Å². The number of hydrogen-bond acceptors (Lipinski definition) is 5. The minimum absolute atomic E-state index is 0.139. The number of rotatable bonds is 4. The average molecular weight is 338 g/mol. The molecule has 0 aliphatic heterocycles. The normalized spacial score (nSPS) is 11.8. The molecule has 120 valence electrons. The Hall–Kier alpha value is -2.22. The zero-order valence-corrected chi connectivity index (χ0v) is 12.2. The SMILES string of the molecule is COC(=O)/C=C(/Nc1cc(Cl)cc(C(F)(F)F)c1)C(=O)OC. The molecule has 0 aromatic heterocycles. The van der Waals surface area contributed by atoms with E-state index in [9.17, 15) is 22.8 Å². The van der Waals surface area contributed by atoms with Gasteiger partial charge in [-0.15, -0.1) is 0 Å². The van der Waals surface area contributed by atoms with Crippen LogP contribution in [-0.2, 0) is 25.2 Å². The van der Waals surface area contributed by atoms with E-state index in [2.05, 4.69) is 14.8 Å². The molecule has 1 N–H and O–H groups in total. The smallest absolute Gasteiger partial charge is 0.416 e. The molecule has 1 rings (SSSR count). The lowest BCUT2D eigenvalue weighted by Gasteiger charge is -2.12. The highest BCUT2D eigenvalue weighted by atomic mass is 35.5. The van der Waals surface area contributed by atoms with Gasteiger partial charge in [-0.3, -0.25) is 0 Å². The summed E-state index contributed by atoms with van der Waals surface area (Å²) in [4.78, 5) is 22.7. The first-order valence-electron chi connectivity index (χ1n) is 5.70. The van der Waals surface area contributed by atoms with Gasteiger partial charge in [-0.1, -0.05) is 11.6 Å². The molecule has 0 saturated carbocycles. The zero-order valence-electron chi connectivity index (χ0n) is 11.5. The van der Waals surface area contributed by atoms with Crippen LogP contribution in [0.15, 0.2) is 30.0 Å². The largest absolute Gasteiger partial charge is 0.466 e. The number of carbonyl (C=O) groups excluding carboxylic acids is 2. The van der Waals surface area contributed by atoms with Crippen LogP contribution >= 0.6 is 11.6 Å². The third-order valence-corrected chi connectivity index (χ3v) is 2.59. The second-order valence-electron chi connectivity index (χ2n) is 3.92. The molecule has 9 heteroatoms. The van der Waals surface area contributed by atoms with Gasteiger partial charge in [-0.25, -0.2) is 9.59 Å². The van der Waals surface area contributed by atoms with E-state index in [1.54, 1.807) is 0 Å². The first kappa shape index (κ1) is 17.8. The quantitative estimate of drug-likeness (QED) is 0.676. The number of alkyl halides is 3. The van der Waals surface area contributed by atoms with Gasteiger partial charge >= 0.3 is 18.1 Å². The van der Waals surface area contributed by atoms with Gasteiger partial charge in [0.2, 0.25) is 0 Å². The number of ether oxygens (including phenoxy) is 2. The maximum absolute atomic E-state index is 12.7. The van der Waals surface area contributed by atoms with Crippen molar-refractivity contribution in [2.75, 3.05) is 19.5 Å². The van der Waals surface area contributed by atoms with Crippen molar-refractivity contribution in [2.45, 2.75) is 6.18 Å². The molecule has 0 atom stereocenters. The fourth-order valence-electron chi connectivity index (χ4n) is 1.41. The first-order chi connectivity index (χ1) is 10.2. The summed E-state index contributed by atoms with van der Waals surface area (Å²) in [7, 11) is 2.13. The number of methoxy groups -OCH3 is 2. The number of halogens is 4. The van der Waals surface area contributed by atoms with Crippen molar-refractivity contribution in [3.8, 4) is 0 Å². The van der Waals surface area contributed by atoms with E-state index in [0.29, 0.717) is 0 Å². The summed E-state index contributed by atoms with van der Waals surface area (Å²) in [5.41, 5.74) is -1.55. The van der Waals surface area contributed by atoms with E-state index in [1.165, 1.54) is 0 Å². The third-order valence-electron chi connectivity index (χ3n) is 2.37. The minimum Gasteiger partial charge on any atom is -0.466 e. The van der Waals surface area contributed by atoms with E-state index in [-0.39, 0.29) is 10.7 Å². The topological polar surface area (TPSA) is 64.6 Å². The first-order valence-corrected chi connectivity index (χ1v) is 6.08. The van der Waals surface area contributed by atoms with E-state index in [0.717, 1.165) is 38.5 Å². The standard InChI is InChI=1S/C13H11ClF3NO4/c1-21-11(19)6-10(12(20)22-2)18-9-4-7(13(15,16)17)3-8(14)5-9/h3-6,18H,1-2H3/b10-6+. The number of benzene rings is 1. The highest BCUT2D eigenvalue weighted by Crippen LogP contribution is 2.33. The van der Waals surface area contributed by atoms with Gasteiger partial charge < -0.3 is 14.8 Å². The summed E-state index contributed by atoms with van der Waals surface area (Å²) < 4.78 is 46.9. The number of esters is 2. The highest BCUT2D eigenvalue weighted by Gasteiger charge is 2.31. The summed E-state index contributed by atoms with van der Waals surface area (Å²) in [5, 5.41) is 2.15. The van der Waals surface area contributed by atoms with Gasteiger partial charge in [-0.2, -0.15) is 13.2 Å². The molecule has 0 aliphatic carbocycles. The monoisotopic (exact) mass is 337 g/mol. The number of carbonyl (C=O) groups is 2. The summed E-state index contributed by atoms with van der Waals surface area (Å²) in [6.07, 6.45) is -3.86. The van der Waals surface area contributed by atoms with Gasteiger partial charge in [0.05, 0.1) is 25.9 Å². The fourth-order valence-corrected chi connectivity index (χ4v) is 1.65. The summed E-state index contributed by atoms with van der Waals surface area (Å²) in [6, 6.07) is 2.62. The third kappa shape index (κ3) is 4.96. The molecule has 22 heavy (non-hydrogen) atoms. The molecule has 0 unspecified atom stereocenters. The van der Waals surface area contributed by atoms with Crippen molar-refractivity contribution in [3.05, 3.63) is 40.6 Å². The molecule has 0 saturated heterocycles. The van der Waals surface area contributed by atoms with Crippen LogP contribution in [0.3, 0.4) is 0 Å². The fraction of sp³-hybridized carbons (Fsp3) is 0.231. The number of nitrogens with one attached hydrogen (secondary N) is 1. The zero-order chi connectivity index (χ0) is 16.9. The second-order valence-corrected chi connectivity index (χ2v) is 4.36. The maximum Gasteiger partial charge on any atom is 0.416 e. The van der Waals surface area contributed by atoms with Gasteiger partial charge in [-0.05, 0) is 18.2 Å². The number of anilines is 1. The molecule has 0 amide bonds. The van der Waals surface area contributed by atoms with E-state index in [4.69, 9.17) is 11.6 Å². The Labute approximate surface area is 128 Å². The molecule has 5 nitrogen and oxygen atoms in total. The van der Waals surface area contributed by atoms with Crippen LogP contribution in [0.5, 0.6) is 0 Å². The molecule has 1 aromatic rings. The van der Waals surface area contributed by atoms with Crippen LogP contribution in [0.4, 0.5) is 18.9 Å². The minimum atomic E-state index is -4.61. The molecular weight excluding hydrogens is 327 g/mol. The van der Waals surface area contributed by atoms with Crippen molar-refractivity contribution in [3.63, 3.8) is 0 Å². The Bertz CT molecular complexity index is 614. The molecule has 0 radical (unpaired) electrons. The molecule has 0 fully saturated rings. The van der Waals surface area contributed by atoms with Crippen molar-refractivity contribution < 1.29 is 32.2 Å². The van der Waals surface area contributed by atoms with Gasteiger partial charge in [0.15, 0.2) is 0 Å². The van der Waals surface area contributed by atoms with Crippen molar-refractivity contribution in [1.82, 2.24) is 0 Å². The molecule has 0 heterocycles. The Morgan fingerprint density at radius 2 is 1.82 bits per heavy atom. The van der Waals surface area contributed by atoms with Crippen molar-refractivity contribution in [2.24, 2.45) is 0 Å². The predicted octanol–water partition coefficient (Wildman–Crippen LogP) is 3.00. The Morgan fingerprint density at radius 3 is 2.32 bits per heavy atom. The van der Waals surface area contributed by atoms with Crippen LogP contribution in [0, 0.1) is 0 Å². The van der Waals surface area contributed by atoms with Gasteiger partial charge in [0.25, 0.3) is 0 Å². The number of hydrogen-bond donors (Lipinski definition) is 1. The lowest BCUT2D eigenvalue weighted by molar-refractivity contribution is -0.138. The molecule has 0 aliphatic rings. The Morgan fingerprint density at radius 1 is 1.18 bits per heavy atom. The molecule has 1 aromatic carbocycles. The van der Waals surface area contributed by atoms with Gasteiger partial charge in [0.1, 0.15) is 5.70 Å². The maximum atomic E-state index is 12.7. The van der Waals surface area contributed by atoms with Crippen LogP contribution < -0.4 is 5.32 Å². The van der Waals surface area contributed by atoms with E-state index >= 15 is 0 Å². The average Bonchev–Trinajstić information content (AvgIpc) is 2.44. The Kier molecular flexibility index (Phi) is 5.81. The predicted molar refractivity (Wildman–Crippen MR) is 72.2 cm³/mol. The molecule has 0 spiro atoms. The lowest BCUT2D eigenvalue weighted by Crippen LogP contribution is -2.16. The van der Waals surface area contributed by atoms with Crippen molar-refractivity contribution >= 4 is 29.2 Å². The second kappa shape index (κ2) is 7.17. The molecule has 0 bridgehead atoms. The highest BCUT2D eigenvalue weighted by molar-refractivity contribution is 6.31. The van der Waals surface area contributed by atoms with Crippen LogP contribution in [-0.4, -0.2) is 26.2 Å². The Balaban J connectivity index is 3.19.